The lowest BCUT2D eigenvalue weighted by atomic mass is 10.1. The topological polar surface area (TPSA) is 40.5 Å². The number of aryl methyl sites for hydroxylation is 1. The minimum Gasteiger partial charge on any atom is -0.478 e. The summed E-state index contributed by atoms with van der Waals surface area (Å²) >= 11 is 0. The number of benzene rings is 2. The molecule has 2 aromatic carbocycles. The molecule has 3 nitrogen and oxygen atoms in total. The number of aromatic carboxylic acids is 1. The van der Waals surface area contributed by atoms with E-state index in [1.807, 2.05) is 24.1 Å². The van der Waals surface area contributed by atoms with Gasteiger partial charge < -0.3 is 10.0 Å². The molecule has 0 bridgehead atoms. The Morgan fingerprint density at radius 3 is 1.89 bits per heavy atom. The van der Waals surface area contributed by atoms with Crippen LogP contribution in [0.25, 0.3) is 0 Å². The second-order valence-corrected chi connectivity index (χ2v) is 4.43. The van der Waals surface area contributed by atoms with Crippen LogP contribution in [0.2, 0.25) is 0 Å². The fraction of sp³-hybridized carbons (Fsp3) is 0.188. The van der Waals surface area contributed by atoms with Gasteiger partial charge in [-0.2, -0.15) is 0 Å². The molecule has 0 heterocycles. The molecule has 0 amide bonds. The molecule has 2 rings (SSSR count). The predicted octanol–water partition coefficient (Wildman–Crippen LogP) is 3.72. The second-order valence-electron chi connectivity index (χ2n) is 4.43. The molecule has 2 aromatic rings. The lowest BCUT2D eigenvalue weighted by Gasteiger charge is -2.20. The third kappa shape index (κ3) is 2.94. The summed E-state index contributed by atoms with van der Waals surface area (Å²) in [6.45, 7) is 2.13. The van der Waals surface area contributed by atoms with E-state index in [0.717, 1.165) is 17.8 Å². The molecule has 0 spiro atoms. The van der Waals surface area contributed by atoms with Crippen molar-refractivity contribution in [2.45, 2.75) is 13.3 Å². The minimum atomic E-state index is -0.901. The Hall–Kier alpha value is -2.29. The second kappa shape index (κ2) is 5.57. The largest absolute Gasteiger partial charge is 0.478 e. The number of nitrogens with zero attached hydrogens (tertiary/aromatic N) is 1. The maximum Gasteiger partial charge on any atom is 0.335 e. The van der Waals surface area contributed by atoms with E-state index in [0.29, 0.717) is 5.56 Å². The molecular formula is C16H17NO2. The van der Waals surface area contributed by atoms with Crippen molar-refractivity contribution < 1.29 is 9.90 Å². The first-order valence-corrected chi connectivity index (χ1v) is 6.28. The lowest BCUT2D eigenvalue weighted by Crippen LogP contribution is -2.09. The molecule has 0 atom stereocenters. The average Bonchev–Trinajstić information content (AvgIpc) is 2.46. The third-order valence-corrected chi connectivity index (χ3v) is 3.23. The number of anilines is 2. The quantitative estimate of drug-likeness (QED) is 0.905. The van der Waals surface area contributed by atoms with Gasteiger partial charge in [-0.15, -0.1) is 0 Å². The summed E-state index contributed by atoms with van der Waals surface area (Å²) in [5.74, 6) is -0.901. The van der Waals surface area contributed by atoms with E-state index in [4.69, 9.17) is 5.11 Å². The maximum atomic E-state index is 10.8. The molecule has 0 saturated heterocycles. The molecule has 0 aliphatic rings. The summed E-state index contributed by atoms with van der Waals surface area (Å²) in [6.07, 6.45) is 1.03. The lowest BCUT2D eigenvalue weighted by molar-refractivity contribution is 0.0697. The first-order valence-electron chi connectivity index (χ1n) is 6.28. The van der Waals surface area contributed by atoms with E-state index in [9.17, 15) is 4.79 Å². The van der Waals surface area contributed by atoms with Crippen LogP contribution in [0.1, 0.15) is 22.8 Å². The van der Waals surface area contributed by atoms with Crippen molar-refractivity contribution in [3.8, 4) is 0 Å². The van der Waals surface area contributed by atoms with Gasteiger partial charge in [-0.05, 0) is 48.4 Å². The number of rotatable bonds is 4. The van der Waals surface area contributed by atoms with Crippen molar-refractivity contribution >= 4 is 17.3 Å². The molecule has 19 heavy (non-hydrogen) atoms. The standard InChI is InChI=1S/C16H17NO2/c1-3-12-4-8-14(9-5-12)17(2)15-10-6-13(7-11-15)16(18)19/h4-11H,3H2,1-2H3,(H,18,19). The van der Waals surface area contributed by atoms with Crippen molar-refractivity contribution in [3.05, 3.63) is 59.7 Å². The van der Waals surface area contributed by atoms with E-state index in [-0.39, 0.29) is 0 Å². The molecular weight excluding hydrogens is 238 g/mol. The number of carboxylic acid groups (broad SMARTS) is 1. The Bertz CT molecular complexity index is 558. The van der Waals surface area contributed by atoms with Gasteiger partial charge in [0, 0.05) is 18.4 Å². The van der Waals surface area contributed by atoms with Crippen LogP contribution >= 0.6 is 0 Å². The first-order chi connectivity index (χ1) is 9.11. The van der Waals surface area contributed by atoms with Crippen molar-refractivity contribution in [1.82, 2.24) is 0 Å². The van der Waals surface area contributed by atoms with E-state index < -0.39 is 5.97 Å². The zero-order valence-corrected chi connectivity index (χ0v) is 11.1. The Labute approximate surface area is 113 Å². The fourth-order valence-electron chi connectivity index (χ4n) is 1.93. The summed E-state index contributed by atoms with van der Waals surface area (Å²) in [5, 5.41) is 8.88. The highest BCUT2D eigenvalue weighted by molar-refractivity contribution is 5.88. The normalized spacial score (nSPS) is 10.2. The summed E-state index contributed by atoms with van der Waals surface area (Å²) in [6, 6.07) is 15.2. The number of hydrogen-bond acceptors (Lipinski definition) is 2. The van der Waals surface area contributed by atoms with Gasteiger partial charge in [0.15, 0.2) is 0 Å². The Morgan fingerprint density at radius 2 is 1.47 bits per heavy atom. The van der Waals surface area contributed by atoms with Crippen LogP contribution in [0, 0.1) is 0 Å². The summed E-state index contributed by atoms with van der Waals surface area (Å²) < 4.78 is 0. The molecule has 1 N–H and O–H groups in total. The number of carbonyl (C=O) groups is 1. The molecule has 0 aliphatic carbocycles. The van der Waals surface area contributed by atoms with E-state index >= 15 is 0 Å². The highest BCUT2D eigenvalue weighted by Crippen LogP contribution is 2.24. The molecule has 0 fully saturated rings. The molecule has 98 valence electrons. The fourth-order valence-corrected chi connectivity index (χ4v) is 1.93. The molecule has 0 radical (unpaired) electrons. The zero-order valence-electron chi connectivity index (χ0n) is 11.1. The third-order valence-electron chi connectivity index (χ3n) is 3.23. The van der Waals surface area contributed by atoms with Gasteiger partial charge in [-0.25, -0.2) is 4.79 Å². The van der Waals surface area contributed by atoms with E-state index in [1.54, 1.807) is 12.1 Å². The zero-order chi connectivity index (χ0) is 13.8. The predicted molar refractivity (Wildman–Crippen MR) is 77.3 cm³/mol. The van der Waals surface area contributed by atoms with E-state index in [1.165, 1.54) is 5.56 Å². The Balaban J connectivity index is 2.22. The van der Waals surface area contributed by atoms with Crippen molar-refractivity contribution in [1.29, 1.82) is 0 Å². The van der Waals surface area contributed by atoms with Gasteiger partial charge in [0.05, 0.1) is 5.56 Å². The van der Waals surface area contributed by atoms with Gasteiger partial charge in [0.25, 0.3) is 0 Å². The smallest absolute Gasteiger partial charge is 0.335 e. The Morgan fingerprint density at radius 1 is 1.00 bits per heavy atom. The minimum absolute atomic E-state index is 0.304. The molecule has 0 aliphatic heterocycles. The summed E-state index contributed by atoms with van der Waals surface area (Å²) in [7, 11) is 1.97. The maximum absolute atomic E-state index is 10.8. The van der Waals surface area contributed by atoms with Crippen LogP contribution in [0.4, 0.5) is 11.4 Å². The van der Waals surface area contributed by atoms with Gasteiger partial charge in [0.1, 0.15) is 0 Å². The van der Waals surface area contributed by atoms with Crippen molar-refractivity contribution in [3.63, 3.8) is 0 Å². The van der Waals surface area contributed by atoms with E-state index in [2.05, 4.69) is 31.2 Å². The molecule has 0 unspecified atom stereocenters. The number of carboxylic acids is 1. The summed E-state index contributed by atoms with van der Waals surface area (Å²) in [4.78, 5) is 12.8. The summed E-state index contributed by atoms with van der Waals surface area (Å²) in [5.41, 5.74) is 3.66. The van der Waals surface area contributed by atoms with Gasteiger partial charge in [-0.3, -0.25) is 0 Å². The van der Waals surface area contributed by atoms with Crippen LogP contribution in [0.5, 0.6) is 0 Å². The monoisotopic (exact) mass is 255 g/mol. The molecule has 0 saturated carbocycles. The van der Waals surface area contributed by atoms with Gasteiger partial charge in [0.2, 0.25) is 0 Å². The van der Waals surface area contributed by atoms with Gasteiger partial charge in [-0.1, -0.05) is 19.1 Å². The van der Waals surface area contributed by atoms with Crippen molar-refractivity contribution in [2.24, 2.45) is 0 Å². The first kappa shape index (κ1) is 13.1. The molecule has 3 heteroatoms. The highest BCUT2D eigenvalue weighted by atomic mass is 16.4. The van der Waals surface area contributed by atoms with Crippen LogP contribution in [-0.4, -0.2) is 18.1 Å². The SMILES string of the molecule is CCc1ccc(N(C)c2ccc(C(=O)O)cc2)cc1. The average molecular weight is 255 g/mol. The Kier molecular flexibility index (Phi) is 3.85. The van der Waals surface area contributed by atoms with Crippen LogP contribution < -0.4 is 4.90 Å². The number of hydrogen-bond donors (Lipinski definition) is 1. The van der Waals surface area contributed by atoms with Crippen LogP contribution in [0.3, 0.4) is 0 Å². The van der Waals surface area contributed by atoms with Crippen molar-refractivity contribution in [2.75, 3.05) is 11.9 Å². The van der Waals surface area contributed by atoms with Crippen LogP contribution in [0.15, 0.2) is 48.5 Å². The van der Waals surface area contributed by atoms with Gasteiger partial charge >= 0.3 is 5.97 Å². The molecule has 0 aromatic heterocycles. The highest BCUT2D eigenvalue weighted by Gasteiger charge is 2.06. The van der Waals surface area contributed by atoms with Crippen LogP contribution in [-0.2, 0) is 6.42 Å².